The van der Waals surface area contributed by atoms with Crippen molar-refractivity contribution >= 4 is 10.8 Å². The average Bonchev–Trinajstić information content (AvgIpc) is 2.28. The van der Waals surface area contributed by atoms with Gasteiger partial charge in [-0.25, -0.2) is 0 Å². The van der Waals surface area contributed by atoms with E-state index in [0.717, 1.165) is 5.39 Å². The molecule has 0 atom stereocenters. The Bertz CT molecular complexity index is 555. The molecule has 2 rings (SSSR count). The molecule has 0 saturated carbocycles. The van der Waals surface area contributed by atoms with E-state index in [2.05, 4.69) is 0 Å². The normalized spacial score (nSPS) is 9.87. The molecule has 0 bridgehead atoms. The van der Waals surface area contributed by atoms with Crippen LogP contribution in [0, 0.1) is 11.3 Å². The van der Waals surface area contributed by atoms with Gasteiger partial charge in [0.2, 0.25) is 0 Å². The number of ether oxygens (including phenoxy) is 1. The molecule has 0 heterocycles. The van der Waals surface area contributed by atoms with E-state index >= 15 is 0 Å². The van der Waals surface area contributed by atoms with Crippen molar-refractivity contribution in [3.8, 4) is 17.6 Å². The van der Waals surface area contributed by atoms with Crippen LogP contribution in [-0.2, 0) is 0 Å². The highest BCUT2D eigenvalue weighted by Crippen LogP contribution is 2.30. The third-order valence-electron chi connectivity index (χ3n) is 2.27. The minimum absolute atomic E-state index is 0.126. The zero-order chi connectivity index (χ0) is 10.8. The lowest BCUT2D eigenvalue weighted by molar-refractivity contribution is 0.409. The number of aromatic hydroxyl groups is 1. The average molecular weight is 199 g/mol. The summed E-state index contributed by atoms with van der Waals surface area (Å²) in [5.74, 6) is 0.728. The highest BCUT2D eigenvalue weighted by Gasteiger charge is 2.04. The third-order valence-corrected chi connectivity index (χ3v) is 2.27. The van der Waals surface area contributed by atoms with Crippen LogP contribution in [0.1, 0.15) is 5.56 Å². The molecule has 0 aliphatic heterocycles. The van der Waals surface area contributed by atoms with Gasteiger partial charge in [-0.3, -0.25) is 0 Å². The van der Waals surface area contributed by atoms with Gasteiger partial charge in [-0.2, -0.15) is 5.26 Å². The quantitative estimate of drug-likeness (QED) is 0.767. The lowest BCUT2D eigenvalue weighted by atomic mass is 10.1. The maximum atomic E-state index is 9.71. The predicted octanol–water partition coefficient (Wildman–Crippen LogP) is 2.43. The first-order valence-corrected chi connectivity index (χ1v) is 4.45. The molecule has 2 aromatic rings. The van der Waals surface area contributed by atoms with Gasteiger partial charge in [0.25, 0.3) is 0 Å². The second-order valence-electron chi connectivity index (χ2n) is 3.19. The summed E-state index contributed by atoms with van der Waals surface area (Å²) in [6, 6.07) is 10.5. The minimum Gasteiger partial charge on any atom is -0.507 e. The van der Waals surface area contributed by atoms with Crippen LogP contribution in [-0.4, -0.2) is 12.2 Å². The maximum Gasteiger partial charge on any atom is 0.127 e. The Morgan fingerprint density at radius 3 is 2.73 bits per heavy atom. The molecule has 0 radical (unpaired) electrons. The number of rotatable bonds is 1. The zero-order valence-electron chi connectivity index (χ0n) is 8.19. The number of nitriles is 1. The fraction of sp³-hybridized carbons (Fsp3) is 0.0833. The molecule has 0 aliphatic carbocycles. The van der Waals surface area contributed by atoms with E-state index in [0.29, 0.717) is 16.7 Å². The van der Waals surface area contributed by atoms with Crippen molar-refractivity contribution in [2.45, 2.75) is 0 Å². The molecule has 3 heteroatoms. The second-order valence-corrected chi connectivity index (χ2v) is 3.19. The molecule has 0 aromatic heterocycles. The summed E-state index contributed by atoms with van der Waals surface area (Å²) in [5, 5.41) is 20.0. The standard InChI is InChI=1S/C12H9NO2/c1-15-10-5-9-3-2-8(7-13)4-11(9)12(14)6-10/h2-6,14H,1H3. The van der Waals surface area contributed by atoms with Gasteiger partial charge < -0.3 is 9.84 Å². The van der Waals surface area contributed by atoms with Crippen molar-refractivity contribution in [2.75, 3.05) is 7.11 Å². The monoisotopic (exact) mass is 199 g/mol. The molecule has 0 spiro atoms. The molecule has 3 nitrogen and oxygen atoms in total. The van der Waals surface area contributed by atoms with Gasteiger partial charge in [0.05, 0.1) is 18.7 Å². The van der Waals surface area contributed by atoms with E-state index in [1.807, 2.05) is 12.1 Å². The fourth-order valence-electron chi connectivity index (χ4n) is 1.50. The first-order chi connectivity index (χ1) is 7.24. The van der Waals surface area contributed by atoms with Crippen LogP contribution in [0.25, 0.3) is 10.8 Å². The minimum atomic E-state index is 0.126. The topological polar surface area (TPSA) is 53.2 Å². The Labute approximate surface area is 87.1 Å². The van der Waals surface area contributed by atoms with E-state index in [1.54, 1.807) is 25.3 Å². The van der Waals surface area contributed by atoms with Crippen LogP contribution in [0.2, 0.25) is 0 Å². The van der Waals surface area contributed by atoms with Crippen molar-refractivity contribution in [2.24, 2.45) is 0 Å². The molecule has 74 valence electrons. The van der Waals surface area contributed by atoms with Crippen molar-refractivity contribution in [3.63, 3.8) is 0 Å². The molecule has 0 aliphatic rings. The summed E-state index contributed by atoms with van der Waals surface area (Å²) >= 11 is 0. The largest absolute Gasteiger partial charge is 0.507 e. The van der Waals surface area contributed by atoms with Gasteiger partial charge in [-0.05, 0) is 23.6 Å². The van der Waals surface area contributed by atoms with Crippen molar-refractivity contribution < 1.29 is 9.84 Å². The third kappa shape index (κ3) is 1.57. The number of hydrogen-bond acceptors (Lipinski definition) is 3. The van der Waals surface area contributed by atoms with Crippen LogP contribution in [0.3, 0.4) is 0 Å². The van der Waals surface area contributed by atoms with E-state index in [4.69, 9.17) is 10.00 Å². The van der Waals surface area contributed by atoms with Crippen molar-refractivity contribution in [3.05, 3.63) is 35.9 Å². The molecule has 15 heavy (non-hydrogen) atoms. The summed E-state index contributed by atoms with van der Waals surface area (Å²) in [5.41, 5.74) is 0.531. The predicted molar refractivity (Wildman–Crippen MR) is 56.9 cm³/mol. The molecular weight excluding hydrogens is 190 g/mol. The second kappa shape index (κ2) is 3.50. The number of benzene rings is 2. The zero-order valence-corrected chi connectivity index (χ0v) is 8.19. The number of nitrogens with zero attached hydrogens (tertiary/aromatic N) is 1. The van der Waals surface area contributed by atoms with Gasteiger partial charge in [0.1, 0.15) is 11.5 Å². The molecule has 0 saturated heterocycles. The van der Waals surface area contributed by atoms with Gasteiger partial charge in [-0.15, -0.1) is 0 Å². The van der Waals surface area contributed by atoms with Gasteiger partial charge in [-0.1, -0.05) is 6.07 Å². The Morgan fingerprint density at radius 1 is 1.27 bits per heavy atom. The van der Waals surface area contributed by atoms with E-state index < -0.39 is 0 Å². The number of phenolic OH excluding ortho intramolecular Hbond substituents is 1. The molecule has 2 aromatic carbocycles. The molecule has 0 unspecified atom stereocenters. The Hall–Kier alpha value is -2.21. The summed E-state index contributed by atoms with van der Waals surface area (Å²) in [6.45, 7) is 0. The first kappa shape index (κ1) is 9.35. The highest BCUT2D eigenvalue weighted by atomic mass is 16.5. The van der Waals surface area contributed by atoms with Crippen LogP contribution >= 0.6 is 0 Å². The van der Waals surface area contributed by atoms with Gasteiger partial charge in [0.15, 0.2) is 0 Å². The highest BCUT2D eigenvalue weighted by molar-refractivity contribution is 5.90. The van der Waals surface area contributed by atoms with Crippen LogP contribution in [0.4, 0.5) is 0 Å². The summed E-state index contributed by atoms with van der Waals surface area (Å²) in [7, 11) is 1.55. The van der Waals surface area contributed by atoms with Gasteiger partial charge >= 0.3 is 0 Å². The molecule has 0 amide bonds. The first-order valence-electron chi connectivity index (χ1n) is 4.45. The lowest BCUT2D eigenvalue weighted by Gasteiger charge is -2.05. The maximum absolute atomic E-state index is 9.71. The van der Waals surface area contributed by atoms with Crippen molar-refractivity contribution in [1.82, 2.24) is 0 Å². The number of hydrogen-bond donors (Lipinski definition) is 1. The molecular formula is C12H9NO2. The van der Waals surface area contributed by atoms with E-state index in [-0.39, 0.29) is 5.75 Å². The Morgan fingerprint density at radius 2 is 2.07 bits per heavy atom. The van der Waals surface area contributed by atoms with Crippen molar-refractivity contribution in [1.29, 1.82) is 5.26 Å². The summed E-state index contributed by atoms with van der Waals surface area (Å²) in [6.07, 6.45) is 0. The number of fused-ring (bicyclic) bond motifs is 1. The Kier molecular flexibility index (Phi) is 2.18. The lowest BCUT2D eigenvalue weighted by Crippen LogP contribution is -1.84. The van der Waals surface area contributed by atoms with E-state index in [9.17, 15) is 5.11 Å². The molecule has 0 fully saturated rings. The molecule has 1 N–H and O–H groups in total. The number of phenols is 1. The van der Waals surface area contributed by atoms with Gasteiger partial charge in [0, 0.05) is 11.5 Å². The smallest absolute Gasteiger partial charge is 0.127 e. The number of methoxy groups -OCH3 is 1. The van der Waals surface area contributed by atoms with Crippen LogP contribution in [0.15, 0.2) is 30.3 Å². The van der Waals surface area contributed by atoms with E-state index in [1.165, 1.54) is 6.07 Å². The Balaban J connectivity index is 2.75. The fourth-order valence-corrected chi connectivity index (χ4v) is 1.50. The SMILES string of the molecule is COc1cc(O)c2cc(C#N)ccc2c1. The summed E-state index contributed by atoms with van der Waals surface area (Å²) in [4.78, 5) is 0. The van der Waals surface area contributed by atoms with Crippen LogP contribution in [0.5, 0.6) is 11.5 Å². The summed E-state index contributed by atoms with van der Waals surface area (Å²) < 4.78 is 5.03. The van der Waals surface area contributed by atoms with Crippen LogP contribution < -0.4 is 4.74 Å².